The molecule has 2 nitrogen and oxygen atoms in total. The molecule has 1 fully saturated rings. The number of hydrogen-bond acceptors (Lipinski definition) is 3. The average Bonchev–Trinajstić information content (AvgIpc) is 2.70. The van der Waals surface area contributed by atoms with Crippen molar-refractivity contribution in [2.75, 3.05) is 11.9 Å². The Hall–Kier alpha value is -0.570. The Kier molecular flexibility index (Phi) is 3.40. The number of hydrogen-bond donors (Lipinski definition) is 1. The Labute approximate surface area is 89.8 Å². The molecule has 2 rings (SSSR count). The maximum Gasteiger partial charge on any atom is 0.182 e. The first-order chi connectivity index (χ1) is 6.84. The minimum atomic E-state index is 0.870. The summed E-state index contributed by atoms with van der Waals surface area (Å²) in [7, 11) is 0. The highest BCUT2D eigenvalue weighted by Gasteiger charge is 2.17. The first-order valence-corrected chi connectivity index (χ1v) is 6.36. The highest BCUT2D eigenvalue weighted by Crippen LogP contribution is 2.28. The second-order valence-electron chi connectivity index (χ2n) is 4.34. The summed E-state index contributed by atoms with van der Waals surface area (Å²) in [5.41, 5.74) is 0. The van der Waals surface area contributed by atoms with Crippen LogP contribution in [-0.4, -0.2) is 11.5 Å². The van der Waals surface area contributed by atoms with Gasteiger partial charge in [-0.2, -0.15) is 0 Å². The normalized spacial score (nSPS) is 27.5. The third-order valence-electron chi connectivity index (χ3n) is 3.11. The van der Waals surface area contributed by atoms with E-state index < -0.39 is 0 Å². The van der Waals surface area contributed by atoms with Gasteiger partial charge >= 0.3 is 0 Å². The third-order valence-corrected chi connectivity index (χ3v) is 3.84. The van der Waals surface area contributed by atoms with Crippen LogP contribution in [-0.2, 0) is 0 Å². The Morgan fingerprint density at radius 3 is 2.86 bits per heavy atom. The van der Waals surface area contributed by atoms with Crippen LogP contribution in [0.25, 0.3) is 0 Å². The highest BCUT2D eigenvalue weighted by molar-refractivity contribution is 7.13. The van der Waals surface area contributed by atoms with Crippen molar-refractivity contribution in [1.82, 2.24) is 4.98 Å². The monoisotopic (exact) mass is 210 g/mol. The van der Waals surface area contributed by atoms with E-state index in [9.17, 15) is 0 Å². The van der Waals surface area contributed by atoms with E-state index in [1.165, 1.54) is 25.7 Å². The van der Waals surface area contributed by atoms with E-state index in [4.69, 9.17) is 0 Å². The van der Waals surface area contributed by atoms with Gasteiger partial charge in [-0.05, 0) is 24.7 Å². The molecule has 3 heteroatoms. The number of thiazole rings is 1. The SMILES string of the molecule is CC1CCC(CNc2nccs2)CC1. The number of rotatable bonds is 3. The van der Waals surface area contributed by atoms with E-state index in [0.29, 0.717) is 0 Å². The van der Waals surface area contributed by atoms with Gasteiger partial charge in [0.05, 0.1) is 0 Å². The quantitative estimate of drug-likeness (QED) is 0.827. The smallest absolute Gasteiger partial charge is 0.182 e. The van der Waals surface area contributed by atoms with E-state index in [0.717, 1.165) is 23.5 Å². The second kappa shape index (κ2) is 4.78. The summed E-state index contributed by atoms with van der Waals surface area (Å²) in [6, 6.07) is 0. The molecule has 0 aliphatic heterocycles. The molecular formula is C11H18N2S. The molecule has 0 amide bonds. The molecule has 1 aliphatic carbocycles. The van der Waals surface area contributed by atoms with Crippen LogP contribution in [0, 0.1) is 11.8 Å². The predicted octanol–water partition coefficient (Wildman–Crippen LogP) is 3.38. The fraction of sp³-hybridized carbons (Fsp3) is 0.727. The molecule has 1 aliphatic rings. The molecule has 1 aromatic rings. The van der Waals surface area contributed by atoms with Crippen molar-refractivity contribution < 1.29 is 0 Å². The minimum absolute atomic E-state index is 0.870. The zero-order chi connectivity index (χ0) is 9.80. The molecule has 0 saturated heterocycles. The Bertz CT molecular complexity index is 250. The molecule has 1 saturated carbocycles. The summed E-state index contributed by atoms with van der Waals surface area (Å²) in [6.07, 6.45) is 7.45. The van der Waals surface area contributed by atoms with Gasteiger partial charge in [0.15, 0.2) is 5.13 Å². The lowest BCUT2D eigenvalue weighted by atomic mass is 9.83. The molecule has 1 heterocycles. The van der Waals surface area contributed by atoms with Crippen LogP contribution in [0.2, 0.25) is 0 Å². The molecule has 0 spiro atoms. The van der Waals surface area contributed by atoms with E-state index >= 15 is 0 Å². The van der Waals surface area contributed by atoms with E-state index in [1.807, 2.05) is 11.6 Å². The molecule has 1 aromatic heterocycles. The van der Waals surface area contributed by atoms with Crippen molar-refractivity contribution in [3.05, 3.63) is 11.6 Å². The lowest BCUT2D eigenvalue weighted by Gasteiger charge is -2.26. The summed E-state index contributed by atoms with van der Waals surface area (Å²) in [5.74, 6) is 1.82. The van der Waals surface area contributed by atoms with Crippen molar-refractivity contribution in [2.45, 2.75) is 32.6 Å². The van der Waals surface area contributed by atoms with Crippen molar-refractivity contribution in [3.8, 4) is 0 Å². The van der Waals surface area contributed by atoms with Crippen molar-refractivity contribution in [3.63, 3.8) is 0 Å². The fourth-order valence-electron chi connectivity index (χ4n) is 2.08. The van der Waals surface area contributed by atoms with E-state index in [1.54, 1.807) is 11.3 Å². The summed E-state index contributed by atoms with van der Waals surface area (Å²) in [5, 5.41) is 6.51. The predicted molar refractivity (Wildman–Crippen MR) is 61.7 cm³/mol. The van der Waals surface area contributed by atoms with Crippen molar-refractivity contribution in [1.29, 1.82) is 0 Å². The zero-order valence-electron chi connectivity index (χ0n) is 8.70. The number of nitrogens with one attached hydrogen (secondary N) is 1. The van der Waals surface area contributed by atoms with Gasteiger partial charge < -0.3 is 5.32 Å². The van der Waals surface area contributed by atoms with Crippen molar-refractivity contribution in [2.24, 2.45) is 11.8 Å². The fourth-order valence-corrected chi connectivity index (χ4v) is 2.61. The van der Waals surface area contributed by atoms with Crippen LogP contribution in [0.1, 0.15) is 32.6 Å². The second-order valence-corrected chi connectivity index (χ2v) is 5.24. The number of nitrogens with zero attached hydrogens (tertiary/aromatic N) is 1. The Morgan fingerprint density at radius 2 is 2.21 bits per heavy atom. The van der Waals surface area contributed by atoms with Gasteiger partial charge in [-0.3, -0.25) is 0 Å². The summed E-state index contributed by atoms with van der Waals surface area (Å²) in [6.45, 7) is 3.48. The third kappa shape index (κ3) is 2.71. The van der Waals surface area contributed by atoms with Gasteiger partial charge in [-0.15, -0.1) is 11.3 Å². The molecule has 1 N–H and O–H groups in total. The highest BCUT2D eigenvalue weighted by atomic mass is 32.1. The standard InChI is InChI=1S/C11H18N2S/c1-9-2-4-10(5-3-9)8-13-11-12-6-7-14-11/h6-7,9-10H,2-5,8H2,1H3,(H,12,13). The maximum atomic E-state index is 4.22. The summed E-state index contributed by atoms with van der Waals surface area (Å²) < 4.78 is 0. The number of aromatic nitrogens is 1. The van der Waals surface area contributed by atoms with E-state index in [2.05, 4.69) is 17.2 Å². The lowest BCUT2D eigenvalue weighted by molar-refractivity contribution is 0.300. The van der Waals surface area contributed by atoms with Gasteiger partial charge in [0, 0.05) is 18.1 Å². The van der Waals surface area contributed by atoms with Gasteiger partial charge in [0.2, 0.25) is 0 Å². The molecular weight excluding hydrogens is 192 g/mol. The largest absolute Gasteiger partial charge is 0.361 e. The van der Waals surface area contributed by atoms with Crippen molar-refractivity contribution >= 4 is 16.5 Å². The summed E-state index contributed by atoms with van der Waals surface area (Å²) >= 11 is 1.69. The lowest BCUT2D eigenvalue weighted by Crippen LogP contribution is -2.20. The summed E-state index contributed by atoms with van der Waals surface area (Å²) in [4.78, 5) is 4.22. The Balaban J connectivity index is 1.71. The van der Waals surface area contributed by atoms with Crippen LogP contribution in [0.15, 0.2) is 11.6 Å². The number of anilines is 1. The van der Waals surface area contributed by atoms with Gasteiger partial charge in [-0.25, -0.2) is 4.98 Å². The first kappa shape index (κ1) is 9.97. The van der Waals surface area contributed by atoms with Crippen LogP contribution in [0.5, 0.6) is 0 Å². The zero-order valence-corrected chi connectivity index (χ0v) is 9.52. The molecule has 0 radical (unpaired) electrons. The molecule has 14 heavy (non-hydrogen) atoms. The van der Waals surface area contributed by atoms with Crippen LogP contribution < -0.4 is 5.32 Å². The van der Waals surface area contributed by atoms with E-state index in [-0.39, 0.29) is 0 Å². The topological polar surface area (TPSA) is 24.9 Å². The molecule has 0 aromatic carbocycles. The molecule has 0 bridgehead atoms. The first-order valence-electron chi connectivity index (χ1n) is 5.48. The molecule has 0 unspecified atom stereocenters. The Morgan fingerprint density at radius 1 is 1.43 bits per heavy atom. The van der Waals surface area contributed by atoms with Crippen LogP contribution >= 0.6 is 11.3 Å². The molecule has 0 atom stereocenters. The van der Waals surface area contributed by atoms with Gasteiger partial charge in [-0.1, -0.05) is 19.8 Å². The van der Waals surface area contributed by atoms with Crippen LogP contribution in [0.4, 0.5) is 5.13 Å². The van der Waals surface area contributed by atoms with Gasteiger partial charge in [0.25, 0.3) is 0 Å². The minimum Gasteiger partial charge on any atom is -0.361 e. The molecule has 78 valence electrons. The average molecular weight is 210 g/mol. The van der Waals surface area contributed by atoms with Crippen LogP contribution in [0.3, 0.4) is 0 Å². The maximum absolute atomic E-state index is 4.22. The van der Waals surface area contributed by atoms with Gasteiger partial charge in [0.1, 0.15) is 0 Å².